The molecule has 0 fully saturated rings. The number of amides is 1. The number of benzene rings is 1. The third-order valence-electron chi connectivity index (χ3n) is 4.16. The first kappa shape index (κ1) is 19.8. The molecular weight excluding hydrogens is 332 g/mol. The van der Waals surface area contributed by atoms with Crippen molar-refractivity contribution in [1.82, 2.24) is 10.2 Å². The second-order valence-electron chi connectivity index (χ2n) is 5.84. The van der Waals surface area contributed by atoms with Crippen LogP contribution in [0.4, 0.5) is 0 Å². The Morgan fingerprint density at radius 3 is 2.54 bits per heavy atom. The molecule has 0 radical (unpaired) electrons. The highest BCUT2D eigenvalue weighted by Gasteiger charge is 2.12. The maximum absolute atomic E-state index is 12.1. The first-order valence-electron chi connectivity index (χ1n) is 9.03. The Morgan fingerprint density at radius 1 is 1.12 bits per heavy atom. The van der Waals surface area contributed by atoms with E-state index in [0.717, 1.165) is 26.1 Å². The molecule has 1 N–H and O–H groups in total. The van der Waals surface area contributed by atoms with Crippen LogP contribution >= 0.6 is 0 Å². The summed E-state index contributed by atoms with van der Waals surface area (Å²) in [6.45, 7) is 8.16. The number of rotatable bonds is 11. The molecule has 0 saturated heterocycles. The minimum Gasteiger partial charge on any atom is -0.493 e. The molecule has 0 saturated carbocycles. The van der Waals surface area contributed by atoms with Crippen LogP contribution in [0.2, 0.25) is 0 Å². The number of carbonyl (C=O) groups is 1. The molecule has 0 bridgehead atoms. The normalized spacial score (nSPS) is 10.8. The van der Waals surface area contributed by atoms with Gasteiger partial charge in [-0.15, -0.1) is 0 Å². The molecule has 0 unspecified atom stereocenters. The van der Waals surface area contributed by atoms with Crippen LogP contribution in [0.5, 0.6) is 11.5 Å². The number of carbonyl (C=O) groups excluding carboxylic acids is 1. The van der Waals surface area contributed by atoms with E-state index in [9.17, 15) is 4.79 Å². The summed E-state index contributed by atoms with van der Waals surface area (Å²) in [5.74, 6) is 1.97. The van der Waals surface area contributed by atoms with Crippen molar-refractivity contribution in [3.8, 4) is 11.5 Å². The van der Waals surface area contributed by atoms with Gasteiger partial charge in [0.25, 0.3) is 5.91 Å². The number of methoxy groups -OCH3 is 1. The smallest absolute Gasteiger partial charge is 0.286 e. The summed E-state index contributed by atoms with van der Waals surface area (Å²) < 4.78 is 16.5. The zero-order chi connectivity index (χ0) is 18.8. The van der Waals surface area contributed by atoms with Crippen molar-refractivity contribution in [1.29, 1.82) is 0 Å². The average molecular weight is 360 g/mol. The Kier molecular flexibility index (Phi) is 8.02. The summed E-state index contributed by atoms with van der Waals surface area (Å²) in [6.07, 6.45) is 0.915. The summed E-state index contributed by atoms with van der Waals surface area (Å²) in [7, 11) is 1.60. The lowest BCUT2D eigenvalue weighted by molar-refractivity contribution is 0.0920. The third kappa shape index (κ3) is 5.81. The predicted octanol–water partition coefficient (Wildman–Crippen LogP) is 3.33. The van der Waals surface area contributed by atoms with Gasteiger partial charge < -0.3 is 24.1 Å². The van der Waals surface area contributed by atoms with Gasteiger partial charge in [-0.05, 0) is 50.3 Å². The average Bonchev–Trinajstić information content (AvgIpc) is 3.15. The van der Waals surface area contributed by atoms with Gasteiger partial charge in [0.15, 0.2) is 17.3 Å². The minimum absolute atomic E-state index is 0.201. The van der Waals surface area contributed by atoms with Crippen molar-refractivity contribution < 1.29 is 18.7 Å². The number of furan rings is 1. The van der Waals surface area contributed by atoms with Crippen LogP contribution in [0.25, 0.3) is 0 Å². The molecule has 0 atom stereocenters. The number of nitrogens with zero attached hydrogens (tertiary/aromatic N) is 1. The van der Waals surface area contributed by atoms with Crippen LogP contribution in [0.1, 0.15) is 36.6 Å². The molecular formula is C20H28N2O4. The van der Waals surface area contributed by atoms with Gasteiger partial charge in [0.2, 0.25) is 0 Å². The summed E-state index contributed by atoms with van der Waals surface area (Å²) >= 11 is 0. The molecule has 6 heteroatoms. The predicted molar refractivity (Wildman–Crippen MR) is 101 cm³/mol. The lowest BCUT2D eigenvalue weighted by atomic mass is 10.3. The standard InChI is InChI=1S/C20H28N2O4/c1-4-22(5-2)14-8-13-21-20(23)19-12-11-16(26-19)15-25-18-10-7-6-9-17(18)24-3/h6-7,9-12H,4-5,8,13-15H2,1-3H3,(H,21,23). The molecule has 2 aromatic rings. The van der Waals surface area contributed by atoms with Crippen LogP contribution in [-0.2, 0) is 6.61 Å². The summed E-state index contributed by atoms with van der Waals surface area (Å²) in [6, 6.07) is 10.8. The fraction of sp³-hybridized carbons (Fsp3) is 0.450. The van der Waals surface area contributed by atoms with Crippen molar-refractivity contribution in [2.75, 3.05) is 33.3 Å². The van der Waals surface area contributed by atoms with Crippen molar-refractivity contribution in [3.05, 3.63) is 47.9 Å². The maximum atomic E-state index is 12.1. The van der Waals surface area contributed by atoms with Gasteiger partial charge in [0.05, 0.1) is 7.11 Å². The zero-order valence-corrected chi connectivity index (χ0v) is 15.8. The molecule has 142 valence electrons. The Balaban J connectivity index is 1.78. The minimum atomic E-state index is -0.201. The van der Waals surface area contributed by atoms with Crippen LogP contribution in [0, 0.1) is 0 Å². The van der Waals surface area contributed by atoms with Crippen molar-refractivity contribution in [2.24, 2.45) is 0 Å². The topological polar surface area (TPSA) is 63.9 Å². The molecule has 0 aliphatic heterocycles. The molecule has 1 amide bonds. The summed E-state index contributed by atoms with van der Waals surface area (Å²) in [5.41, 5.74) is 0. The fourth-order valence-electron chi connectivity index (χ4n) is 2.60. The van der Waals surface area contributed by atoms with Gasteiger partial charge in [-0.25, -0.2) is 0 Å². The molecule has 1 heterocycles. The van der Waals surface area contributed by atoms with Crippen molar-refractivity contribution in [3.63, 3.8) is 0 Å². The first-order valence-corrected chi connectivity index (χ1v) is 9.03. The van der Waals surface area contributed by atoms with E-state index in [1.165, 1.54) is 0 Å². The van der Waals surface area contributed by atoms with Gasteiger partial charge >= 0.3 is 0 Å². The van der Waals surface area contributed by atoms with Gasteiger partial charge in [-0.3, -0.25) is 4.79 Å². The molecule has 1 aromatic heterocycles. The highest BCUT2D eigenvalue weighted by Crippen LogP contribution is 2.26. The maximum Gasteiger partial charge on any atom is 0.286 e. The molecule has 0 aliphatic carbocycles. The van der Waals surface area contributed by atoms with E-state index >= 15 is 0 Å². The number of ether oxygens (including phenoxy) is 2. The largest absolute Gasteiger partial charge is 0.493 e. The van der Waals surface area contributed by atoms with E-state index in [2.05, 4.69) is 24.1 Å². The number of para-hydroxylation sites is 2. The highest BCUT2D eigenvalue weighted by atomic mass is 16.5. The summed E-state index contributed by atoms with van der Waals surface area (Å²) in [5, 5.41) is 2.89. The Labute approximate surface area is 155 Å². The van der Waals surface area contributed by atoms with Crippen LogP contribution < -0.4 is 14.8 Å². The molecule has 2 rings (SSSR count). The van der Waals surface area contributed by atoms with Crippen molar-refractivity contribution >= 4 is 5.91 Å². The lowest BCUT2D eigenvalue weighted by Crippen LogP contribution is -2.29. The third-order valence-corrected chi connectivity index (χ3v) is 4.16. The molecule has 0 spiro atoms. The molecule has 1 aromatic carbocycles. The fourth-order valence-corrected chi connectivity index (χ4v) is 2.60. The van der Waals surface area contributed by atoms with Crippen LogP contribution in [0.3, 0.4) is 0 Å². The second-order valence-corrected chi connectivity index (χ2v) is 5.84. The number of hydrogen-bond donors (Lipinski definition) is 1. The van der Waals surface area contributed by atoms with E-state index in [1.54, 1.807) is 19.2 Å². The Bertz CT molecular complexity index is 680. The summed E-state index contributed by atoms with van der Waals surface area (Å²) in [4.78, 5) is 14.5. The van der Waals surface area contributed by atoms with Gasteiger partial charge in [0.1, 0.15) is 12.4 Å². The Morgan fingerprint density at radius 2 is 1.85 bits per heavy atom. The SMILES string of the molecule is CCN(CC)CCCNC(=O)c1ccc(COc2ccccc2OC)o1. The molecule has 0 aliphatic rings. The van der Waals surface area contributed by atoms with E-state index in [-0.39, 0.29) is 12.5 Å². The van der Waals surface area contributed by atoms with E-state index in [4.69, 9.17) is 13.9 Å². The number of nitrogens with one attached hydrogen (secondary N) is 1. The lowest BCUT2D eigenvalue weighted by Gasteiger charge is -2.17. The Hall–Kier alpha value is -2.47. The van der Waals surface area contributed by atoms with Crippen molar-refractivity contribution in [2.45, 2.75) is 26.9 Å². The molecule has 6 nitrogen and oxygen atoms in total. The number of hydrogen-bond acceptors (Lipinski definition) is 5. The quantitative estimate of drug-likeness (QED) is 0.623. The van der Waals surface area contributed by atoms with Gasteiger partial charge in [0, 0.05) is 6.54 Å². The van der Waals surface area contributed by atoms with E-state index in [1.807, 2.05) is 24.3 Å². The molecule has 26 heavy (non-hydrogen) atoms. The van der Waals surface area contributed by atoms with Gasteiger partial charge in [-0.2, -0.15) is 0 Å². The first-order chi connectivity index (χ1) is 12.7. The monoisotopic (exact) mass is 360 g/mol. The van der Waals surface area contributed by atoms with Crippen LogP contribution in [0.15, 0.2) is 40.8 Å². The van der Waals surface area contributed by atoms with E-state index in [0.29, 0.717) is 29.6 Å². The second kappa shape index (κ2) is 10.5. The van der Waals surface area contributed by atoms with Gasteiger partial charge in [-0.1, -0.05) is 26.0 Å². The van der Waals surface area contributed by atoms with Crippen LogP contribution in [-0.4, -0.2) is 44.1 Å². The highest BCUT2D eigenvalue weighted by molar-refractivity contribution is 5.91. The zero-order valence-electron chi connectivity index (χ0n) is 15.8. The van der Waals surface area contributed by atoms with E-state index < -0.39 is 0 Å².